The molecule has 0 unspecified atom stereocenters. The maximum Gasteiger partial charge on any atom is 0.0650 e. The minimum absolute atomic E-state index is 1.15. The highest BCUT2D eigenvalue weighted by atomic mass is 15.1. The van der Waals surface area contributed by atoms with Crippen LogP contribution in [0.15, 0.2) is 6.20 Å². The van der Waals surface area contributed by atoms with Crippen LogP contribution in [0.3, 0.4) is 0 Å². The Balaban J connectivity index is 2.79. The number of hydrogen-bond donors (Lipinski definition) is 1. The molecular weight excluding hydrogens is 88.1 g/mol. The quantitative estimate of drug-likeness (QED) is 0.513. The molecule has 0 saturated heterocycles. The Labute approximate surface area is 40.9 Å². The molecular formula is C5H4N2. The Morgan fingerprint density at radius 1 is 1.43 bits per heavy atom. The largest absolute Gasteiger partial charge is 0.278 e. The van der Waals surface area contributed by atoms with Gasteiger partial charge in [-0.05, 0) is 12.2 Å². The Morgan fingerprint density at radius 3 is 2.71 bits per heavy atom. The molecule has 2 nitrogen and oxygen atoms in total. The Kier molecular flexibility index (Phi) is 0.336. The van der Waals surface area contributed by atoms with Gasteiger partial charge < -0.3 is 0 Å². The molecule has 2 heteroatoms. The van der Waals surface area contributed by atoms with E-state index in [-0.39, 0.29) is 0 Å². The van der Waals surface area contributed by atoms with Crippen molar-refractivity contribution in [2.24, 2.45) is 0 Å². The molecule has 0 aliphatic heterocycles. The molecule has 1 N–H and O–H groups in total. The van der Waals surface area contributed by atoms with Gasteiger partial charge in [0.1, 0.15) is 0 Å². The van der Waals surface area contributed by atoms with Gasteiger partial charge in [-0.2, -0.15) is 5.10 Å². The number of H-pyrrole nitrogens is 1. The van der Waals surface area contributed by atoms with Crippen LogP contribution in [0, 0.1) is 0 Å². The fourth-order valence-electron chi connectivity index (χ4n) is 0.649. The predicted molar refractivity (Wildman–Crippen MR) is 27.5 cm³/mol. The average molecular weight is 92.1 g/mol. The molecule has 1 aromatic rings. The van der Waals surface area contributed by atoms with Crippen LogP contribution < -0.4 is 0 Å². The Morgan fingerprint density at radius 2 is 2.43 bits per heavy atom. The molecule has 34 valence electrons. The lowest BCUT2D eigenvalue weighted by molar-refractivity contribution is 1.08. The smallest absolute Gasteiger partial charge is 0.0650 e. The zero-order valence-corrected chi connectivity index (χ0v) is 3.68. The van der Waals surface area contributed by atoms with E-state index < -0.39 is 0 Å². The van der Waals surface area contributed by atoms with Crippen molar-refractivity contribution in [3.63, 3.8) is 0 Å². The third-order valence-corrected chi connectivity index (χ3v) is 1.13. The summed E-state index contributed by atoms with van der Waals surface area (Å²) in [5, 5.41) is 6.61. The summed E-state index contributed by atoms with van der Waals surface area (Å²) in [5.41, 5.74) is 2.38. The third kappa shape index (κ3) is 0.221. The monoisotopic (exact) mass is 92.0 g/mol. The highest BCUT2D eigenvalue weighted by molar-refractivity contribution is 5.82. The first-order chi connectivity index (χ1) is 3.47. The van der Waals surface area contributed by atoms with Gasteiger partial charge in [0.2, 0.25) is 0 Å². The summed E-state index contributed by atoms with van der Waals surface area (Å²) >= 11 is 0. The first kappa shape index (κ1) is 3.02. The van der Waals surface area contributed by atoms with Crippen LogP contribution in [0.2, 0.25) is 0 Å². The highest BCUT2D eigenvalue weighted by Gasteiger charge is 2.03. The van der Waals surface area contributed by atoms with E-state index in [0.29, 0.717) is 0 Å². The molecule has 1 aliphatic rings. The molecule has 0 amide bonds. The van der Waals surface area contributed by atoms with E-state index in [0.717, 1.165) is 5.69 Å². The van der Waals surface area contributed by atoms with Crippen LogP contribution >= 0.6 is 0 Å². The van der Waals surface area contributed by atoms with Crippen molar-refractivity contribution in [2.75, 3.05) is 0 Å². The molecule has 0 aromatic carbocycles. The van der Waals surface area contributed by atoms with E-state index >= 15 is 0 Å². The van der Waals surface area contributed by atoms with Crippen LogP contribution in [0.25, 0.3) is 12.2 Å². The Bertz CT molecular complexity index is 189. The predicted octanol–water partition coefficient (Wildman–Crippen LogP) is 0.893. The summed E-state index contributed by atoms with van der Waals surface area (Å²) in [5.74, 6) is 0. The number of nitrogens with one attached hydrogen (secondary N) is 1. The summed E-state index contributed by atoms with van der Waals surface area (Å²) in [6, 6.07) is 0. The normalized spacial score (nSPS) is 13.1. The zero-order valence-electron chi connectivity index (χ0n) is 3.68. The summed E-state index contributed by atoms with van der Waals surface area (Å²) in [7, 11) is 0. The Hall–Kier alpha value is -1.05. The molecule has 1 heterocycles. The van der Waals surface area contributed by atoms with Crippen molar-refractivity contribution in [3.05, 3.63) is 17.5 Å². The van der Waals surface area contributed by atoms with Gasteiger partial charge in [0.15, 0.2) is 0 Å². The summed E-state index contributed by atoms with van der Waals surface area (Å²) < 4.78 is 0. The molecule has 7 heavy (non-hydrogen) atoms. The number of rotatable bonds is 0. The van der Waals surface area contributed by atoms with Crippen molar-refractivity contribution in [1.82, 2.24) is 10.2 Å². The second kappa shape index (κ2) is 0.780. The van der Waals surface area contributed by atoms with Crippen molar-refractivity contribution in [2.45, 2.75) is 0 Å². The molecule has 1 aliphatic carbocycles. The van der Waals surface area contributed by atoms with Gasteiger partial charge >= 0.3 is 0 Å². The minimum Gasteiger partial charge on any atom is -0.278 e. The van der Waals surface area contributed by atoms with Crippen LogP contribution in [0.5, 0.6) is 0 Å². The zero-order chi connectivity index (χ0) is 4.69. The summed E-state index contributed by atoms with van der Waals surface area (Å²) in [4.78, 5) is 0. The van der Waals surface area contributed by atoms with Gasteiger partial charge in [-0.15, -0.1) is 0 Å². The average Bonchev–Trinajstić information content (AvgIpc) is 1.85. The molecule has 0 bridgehead atoms. The lowest BCUT2D eigenvalue weighted by atomic mass is 10.1. The standard InChI is InChI=1S/C5H4N2/c1-2-5-4(1)3-6-7-5/h1-3H,(H,6,7). The topological polar surface area (TPSA) is 28.7 Å². The SMILES string of the molecule is C1=Cc2[nH]ncc21. The van der Waals surface area contributed by atoms with Crippen molar-refractivity contribution >= 4 is 12.2 Å². The van der Waals surface area contributed by atoms with E-state index in [2.05, 4.69) is 10.2 Å². The van der Waals surface area contributed by atoms with Crippen LogP contribution in [-0.4, -0.2) is 10.2 Å². The molecule has 0 radical (unpaired) electrons. The van der Waals surface area contributed by atoms with E-state index in [9.17, 15) is 0 Å². The van der Waals surface area contributed by atoms with Crippen molar-refractivity contribution in [1.29, 1.82) is 0 Å². The lowest BCUT2D eigenvalue weighted by Crippen LogP contribution is -1.82. The number of aromatic nitrogens is 2. The molecule has 0 atom stereocenters. The maximum atomic E-state index is 3.80. The van der Waals surface area contributed by atoms with Crippen LogP contribution in [0.1, 0.15) is 11.3 Å². The fourth-order valence-corrected chi connectivity index (χ4v) is 0.649. The minimum atomic E-state index is 1.15. The van der Waals surface area contributed by atoms with E-state index in [1.807, 2.05) is 18.3 Å². The van der Waals surface area contributed by atoms with Crippen LogP contribution in [0.4, 0.5) is 0 Å². The fraction of sp³-hybridized carbons (Fsp3) is 0. The molecule has 0 fully saturated rings. The maximum absolute atomic E-state index is 3.80. The second-order valence-electron chi connectivity index (χ2n) is 1.57. The molecule has 1 aromatic heterocycles. The molecule has 2 rings (SSSR count). The van der Waals surface area contributed by atoms with E-state index in [1.165, 1.54) is 5.56 Å². The van der Waals surface area contributed by atoms with Crippen molar-refractivity contribution < 1.29 is 0 Å². The van der Waals surface area contributed by atoms with Crippen molar-refractivity contribution in [3.8, 4) is 0 Å². The van der Waals surface area contributed by atoms with Gasteiger partial charge in [-0.25, -0.2) is 0 Å². The van der Waals surface area contributed by atoms with Gasteiger partial charge in [-0.3, -0.25) is 5.10 Å². The van der Waals surface area contributed by atoms with E-state index in [1.54, 1.807) is 0 Å². The lowest BCUT2D eigenvalue weighted by Gasteiger charge is -1.96. The number of aromatic amines is 1. The van der Waals surface area contributed by atoms with E-state index in [4.69, 9.17) is 0 Å². The van der Waals surface area contributed by atoms with Gasteiger partial charge in [0, 0.05) is 5.56 Å². The van der Waals surface area contributed by atoms with Crippen LogP contribution in [-0.2, 0) is 0 Å². The highest BCUT2D eigenvalue weighted by Crippen LogP contribution is 2.18. The number of hydrogen-bond acceptors (Lipinski definition) is 1. The first-order valence-corrected chi connectivity index (χ1v) is 2.18. The van der Waals surface area contributed by atoms with Gasteiger partial charge in [0.05, 0.1) is 11.9 Å². The number of nitrogens with zero attached hydrogens (tertiary/aromatic N) is 1. The number of fused-ring (bicyclic) bond motifs is 1. The molecule has 0 saturated carbocycles. The van der Waals surface area contributed by atoms with Gasteiger partial charge in [0.25, 0.3) is 0 Å². The second-order valence-corrected chi connectivity index (χ2v) is 1.57. The summed E-state index contributed by atoms with van der Waals surface area (Å²) in [6.45, 7) is 0. The first-order valence-electron chi connectivity index (χ1n) is 2.18. The third-order valence-electron chi connectivity index (χ3n) is 1.13. The summed E-state index contributed by atoms with van der Waals surface area (Å²) in [6.07, 6.45) is 5.84. The molecule has 0 spiro atoms. The van der Waals surface area contributed by atoms with Gasteiger partial charge in [-0.1, -0.05) is 0 Å².